The summed E-state index contributed by atoms with van der Waals surface area (Å²) >= 11 is 6.12. The van der Waals surface area contributed by atoms with Gasteiger partial charge in [0.15, 0.2) is 0 Å². The number of hydrogen-bond donors (Lipinski definition) is 2. The largest absolute Gasteiger partial charge is 0.495 e. The zero-order chi connectivity index (χ0) is 24.7. The van der Waals surface area contributed by atoms with E-state index in [-0.39, 0.29) is 24.7 Å². The van der Waals surface area contributed by atoms with Crippen LogP contribution in [0.3, 0.4) is 0 Å². The summed E-state index contributed by atoms with van der Waals surface area (Å²) in [6, 6.07) is 9.42. The summed E-state index contributed by atoms with van der Waals surface area (Å²) in [5.41, 5.74) is 1.55. The predicted molar refractivity (Wildman–Crippen MR) is 130 cm³/mol. The van der Waals surface area contributed by atoms with Crippen molar-refractivity contribution in [3.8, 4) is 5.75 Å². The fraction of sp³-hybridized carbons (Fsp3) is 0.417. The summed E-state index contributed by atoms with van der Waals surface area (Å²) in [4.78, 5) is 29.2. The molecule has 184 valence electrons. The van der Waals surface area contributed by atoms with E-state index in [1.165, 1.54) is 24.1 Å². The van der Waals surface area contributed by atoms with Crippen molar-refractivity contribution in [3.05, 3.63) is 52.8 Å². The van der Waals surface area contributed by atoms with Crippen LogP contribution in [-0.4, -0.2) is 86.3 Å². The Bertz CT molecular complexity index is 1000. The number of piperazine rings is 1. The highest BCUT2D eigenvalue weighted by molar-refractivity contribution is 6.31. The number of nitrogens with one attached hydrogen (secondary N) is 1. The highest BCUT2D eigenvalue weighted by Gasteiger charge is 2.23. The molecule has 3 rings (SSSR count). The normalized spacial score (nSPS) is 15.6. The number of methoxy groups -OCH3 is 1. The topological polar surface area (TPSA) is 85.3 Å². The molecule has 2 amide bonds. The number of benzene rings is 2. The number of para-hydroxylation sites is 1. The molecule has 1 unspecified atom stereocenters. The van der Waals surface area contributed by atoms with Crippen LogP contribution in [0.2, 0.25) is 5.02 Å². The van der Waals surface area contributed by atoms with Crippen LogP contribution in [0, 0.1) is 12.7 Å². The molecule has 0 radical (unpaired) electrons. The number of ether oxygens (including phenoxy) is 1. The third-order valence-electron chi connectivity index (χ3n) is 5.75. The van der Waals surface area contributed by atoms with Crippen molar-refractivity contribution in [1.82, 2.24) is 9.80 Å². The van der Waals surface area contributed by atoms with Crippen molar-refractivity contribution >= 4 is 35.3 Å². The quantitative estimate of drug-likeness (QED) is 0.495. The van der Waals surface area contributed by atoms with E-state index in [9.17, 15) is 19.1 Å². The Kier molecular flexibility index (Phi) is 9.23. The number of aliphatic hydroxyl groups excluding tert-OH is 1. The third-order valence-corrected chi connectivity index (χ3v) is 6.16. The Hall–Kier alpha value is -2.72. The molecule has 1 saturated heterocycles. The molecular formula is C24H30ClFN4O4. The van der Waals surface area contributed by atoms with Crippen molar-refractivity contribution < 1.29 is 23.8 Å². The third kappa shape index (κ3) is 6.89. The van der Waals surface area contributed by atoms with Gasteiger partial charge < -0.3 is 20.1 Å². The van der Waals surface area contributed by atoms with Gasteiger partial charge in [0.05, 0.1) is 37.7 Å². The first-order valence-corrected chi connectivity index (χ1v) is 11.4. The van der Waals surface area contributed by atoms with Crippen LogP contribution in [0.4, 0.5) is 15.8 Å². The van der Waals surface area contributed by atoms with E-state index < -0.39 is 11.9 Å². The fourth-order valence-electron chi connectivity index (χ4n) is 3.92. The van der Waals surface area contributed by atoms with E-state index in [2.05, 4.69) is 10.2 Å². The number of amides is 2. The number of carbonyl (C=O) groups is 2. The lowest BCUT2D eigenvalue weighted by molar-refractivity contribution is -0.117. The first kappa shape index (κ1) is 25.9. The molecule has 0 aromatic heterocycles. The van der Waals surface area contributed by atoms with E-state index in [0.717, 1.165) is 5.56 Å². The zero-order valence-electron chi connectivity index (χ0n) is 19.3. The minimum atomic E-state index is -0.833. The first-order chi connectivity index (χ1) is 16.3. The standard InChI is InChI=1S/C24H30ClFN4O4/c1-17-11-21(23(34-2)12-19(17)25)27-24(33)15-29-9-7-28(8-10-29)13-18(32)14-30(16-31)22-6-4-3-5-20(22)26/h3-6,11-12,16,18,32H,7-10,13-15H2,1-2H3,(H,27,33). The number of rotatable bonds is 10. The van der Waals surface area contributed by atoms with Gasteiger partial charge in [-0.15, -0.1) is 0 Å². The smallest absolute Gasteiger partial charge is 0.238 e. The van der Waals surface area contributed by atoms with Gasteiger partial charge in [-0.25, -0.2) is 4.39 Å². The number of halogens is 2. The van der Waals surface area contributed by atoms with Crippen LogP contribution in [0.1, 0.15) is 5.56 Å². The Morgan fingerprint density at radius 1 is 1.26 bits per heavy atom. The molecule has 0 saturated carbocycles. The van der Waals surface area contributed by atoms with Crippen LogP contribution < -0.4 is 15.0 Å². The Labute approximate surface area is 203 Å². The second-order valence-corrected chi connectivity index (χ2v) is 8.70. The average Bonchev–Trinajstić information content (AvgIpc) is 2.81. The van der Waals surface area contributed by atoms with Gasteiger partial charge >= 0.3 is 0 Å². The van der Waals surface area contributed by atoms with Crippen molar-refractivity contribution in [2.24, 2.45) is 0 Å². The molecule has 1 heterocycles. The molecular weight excluding hydrogens is 463 g/mol. The monoisotopic (exact) mass is 492 g/mol. The lowest BCUT2D eigenvalue weighted by Gasteiger charge is -2.35. The van der Waals surface area contributed by atoms with Gasteiger partial charge in [0.1, 0.15) is 11.6 Å². The Morgan fingerprint density at radius 3 is 2.59 bits per heavy atom. The van der Waals surface area contributed by atoms with Gasteiger partial charge in [0.2, 0.25) is 12.3 Å². The summed E-state index contributed by atoms with van der Waals surface area (Å²) < 4.78 is 19.3. The van der Waals surface area contributed by atoms with Gasteiger partial charge in [-0.1, -0.05) is 23.7 Å². The molecule has 0 aliphatic carbocycles. The fourth-order valence-corrected chi connectivity index (χ4v) is 4.07. The molecule has 10 heteroatoms. The maximum Gasteiger partial charge on any atom is 0.238 e. The lowest BCUT2D eigenvalue weighted by Crippen LogP contribution is -2.51. The maximum atomic E-state index is 14.0. The zero-order valence-corrected chi connectivity index (χ0v) is 20.1. The molecule has 1 aliphatic heterocycles. The molecule has 2 aromatic rings. The summed E-state index contributed by atoms with van der Waals surface area (Å²) in [7, 11) is 1.52. The molecule has 0 bridgehead atoms. The second-order valence-electron chi connectivity index (χ2n) is 8.29. The minimum absolute atomic E-state index is 0.00457. The summed E-state index contributed by atoms with van der Waals surface area (Å²) in [6.07, 6.45) is -0.310. The highest BCUT2D eigenvalue weighted by Crippen LogP contribution is 2.30. The predicted octanol–water partition coefficient (Wildman–Crippen LogP) is 2.38. The van der Waals surface area contributed by atoms with Crippen molar-refractivity contribution in [3.63, 3.8) is 0 Å². The molecule has 8 nitrogen and oxygen atoms in total. The van der Waals surface area contributed by atoms with Crippen LogP contribution in [0.15, 0.2) is 36.4 Å². The number of hydrogen-bond acceptors (Lipinski definition) is 6. The first-order valence-electron chi connectivity index (χ1n) is 11.0. The van der Waals surface area contributed by atoms with Crippen molar-refractivity contribution in [1.29, 1.82) is 0 Å². The molecule has 2 N–H and O–H groups in total. The number of aryl methyl sites for hydroxylation is 1. The van der Waals surface area contributed by atoms with Gasteiger partial charge in [0, 0.05) is 43.8 Å². The van der Waals surface area contributed by atoms with Crippen molar-refractivity contribution in [2.45, 2.75) is 13.0 Å². The number of β-amino-alcohol motifs (C(OH)–C–C–N with tert-alkyl or cyclic N) is 1. The molecule has 1 fully saturated rings. The van der Waals surface area contributed by atoms with E-state index in [0.29, 0.717) is 55.6 Å². The average molecular weight is 493 g/mol. The lowest BCUT2D eigenvalue weighted by atomic mass is 10.2. The summed E-state index contributed by atoms with van der Waals surface area (Å²) in [5.74, 6) is -0.164. The van der Waals surface area contributed by atoms with Gasteiger partial charge in [-0.2, -0.15) is 0 Å². The highest BCUT2D eigenvalue weighted by atomic mass is 35.5. The summed E-state index contributed by atoms with van der Waals surface area (Å²) in [6.45, 7) is 5.06. The molecule has 2 aromatic carbocycles. The SMILES string of the molecule is COc1cc(Cl)c(C)cc1NC(=O)CN1CCN(CC(O)CN(C=O)c2ccccc2F)CC1. The summed E-state index contributed by atoms with van der Waals surface area (Å²) in [5, 5.41) is 13.9. The molecule has 1 atom stereocenters. The van der Waals surface area contributed by atoms with E-state index in [4.69, 9.17) is 16.3 Å². The van der Waals surface area contributed by atoms with Gasteiger partial charge in [-0.3, -0.25) is 19.4 Å². The van der Waals surface area contributed by atoms with E-state index >= 15 is 0 Å². The maximum absolute atomic E-state index is 14.0. The second kappa shape index (κ2) is 12.1. The minimum Gasteiger partial charge on any atom is -0.495 e. The Morgan fingerprint density at radius 2 is 1.94 bits per heavy atom. The van der Waals surface area contributed by atoms with Crippen molar-refractivity contribution in [2.75, 3.05) is 63.1 Å². The van der Waals surface area contributed by atoms with E-state index in [1.807, 2.05) is 11.8 Å². The molecule has 34 heavy (non-hydrogen) atoms. The van der Waals surface area contributed by atoms with Crippen LogP contribution in [-0.2, 0) is 9.59 Å². The van der Waals surface area contributed by atoms with Crippen LogP contribution in [0.5, 0.6) is 5.75 Å². The number of anilines is 2. The van der Waals surface area contributed by atoms with Gasteiger partial charge in [-0.05, 0) is 30.7 Å². The van der Waals surface area contributed by atoms with Crippen LogP contribution in [0.25, 0.3) is 0 Å². The number of nitrogens with zero attached hydrogens (tertiary/aromatic N) is 3. The molecule has 0 spiro atoms. The molecule has 1 aliphatic rings. The van der Waals surface area contributed by atoms with Crippen LogP contribution >= 0.6 is 11.6 Å². The Balaban J connectivity index is 1.45. The van der Waals surface area contributed by atoms with E-state index in [1.54, 1.807) is 24.3 Å². The number of carbonyl (C=O) groups excluding carboxylic acids is 2. The van der Waals surface area contributed by atoms with Gasteiger partial charge in [0.25, 0.3) is 0 Å². The number of aliphatic hydroxyl groups is 1.